The molecule has 0 aromatic heterocycles. The van der Waals surface area contributed by atoms with E-state index in [1.165, 1.54) is 6.92 Å². The summed E-state index contributed by atoms with van der Waals surface area (Å²) in [5.41, 5.74) is 2.35. The molecule has 0 heterocycles. The van der Waals surface area contributed by atoms with Crippen molar-refractivity contribution in [3.8, 4) is 0 Å². The van der Waals surface area contributed by atoms with E-state index in [2.05, 4.69) is 5.48 Å². The van der Waals surface area contributed by atoms with Gasteiger partial charge in [0, 0.05) is 13.3 Å². The number of hydrogen-bond donors (Lipinski definition) is 1. The van der Waals surface area contributed by atoms with Crippen LogP contribution in [0.3, 0.4) is 0 Å². The van der Waals surface area contributed by atoms with Gasteiger partial charge in [-0.2, -0.15) is 0 Å². The second-order valence-corrected chi connectivity index (χ2v) is 3.76. The van der Waals surface area contributed by atoms with Gasteiger partial charge < -0.3 is 16.9 Å². The predicted molar refractivity (Wildman–Crippen MR) is 47.0 cm³/mol. The van der Waals surface area contributed by atoms with Crippen LogP contribution in [-0.2, 0) is 9.63 Å². The smallest absolute Gasteiger partial charge is 0.240 e. The third-order valence-corrected chi connectivity index (χ3v) is 1.55. The van der Waals surface area contributed by atoms with Crippen LogP contribution in [0.5, 0.6) is 0 Å². The number of carbonyl (C=O) groups excluding carboxylic acids is 1. The van der Waals surface area contributed by atoms with Gasteiger partial charge in [0.05, 0.1) is 21.1 Å². The highest BCUT2D eigenvalue weighted by Gasteiger charge is 2.22. The Morgan fingerprint density at radius 2 is 1.92 bits per heavy atom. The number of hydroxylamine groups is 1. The van der Waals surface area contributed by atoms with Crippen LogP contribution in [-0.4, -0.2) is 37.8 Å². The molecule has 0 saturated heterocycles. The molecule has 1 amide bonds. The van der Waals surface area contributed by atoms with Crippen molar-refractivity contribution in [3.05, 3.63) is 0 Å². The molecule has 0 spiro atoms. The maximum Gasteiger partial charge on any atom is 0.240 e. The van der Waals surface area contributed by atoms with Crippen LogP contribution in [0.15, 0.2) is 0 Å². The van der Waals surface area contributed by atoms with Crippen LogP contribution < -0.4 is 17.9 Å². The lowest BCUT2D eigenvalue weighted by atomic mass is 10.3. The van der Waals surface area contributed by atoms with E-state index in [0.29, 0.717) is 4.48 Å². The van der Waals surface area contributed by atoms with Crippen molar-refractivity contribution < 1.29 is 26.5 Å². The van der Waals surface area contributed by atoms with E-state index in [9.17, 15) is 4.79 Å². The van der Waals surface area contributed by atoms with E-state index in [0.717, 1.165) is 6.42 Å². The van der Waals surface area contributed by atoms with Crippen LogP contribution in [0.2, 0.25) is 0 Å². The highest BCUT2D eigenvalue weighted by molar-refractivity contribution is 5.71. The van der Waals surface area contributed by atoms with Crippen molar-refractivity contribution >= 4 is 5.91 Å². The van der Waals surface area contributed by atoms with Crippen LogP contribution in [0.4, 0.5) is 0 Å². The molecule has 0 rings (SSSR count). The Bertz CT molecular complexity index is 157. The Kier molecular flexibility index (Phi) is 7.21. The molecule has 0 fully saturated rings. The Morgan fingerprint density at radius 1 is 1.46 bits per heavy atom. The van der Waals surface area contributed by atoms with Crippen LogP contribution in [0.25, 0.3) is 0 Å². The quantitative estimate of drug-likeness (QED) is 0.317. The van der Waals surface area contributed by atoms with Crippen molar-refractivity contribution in [2.24, 2.45) is 0 Å². The first-order chi connectivity index (χ1) is 5.38. The Labute approximate surface area is 86.2 Å². The lowest BCUT2D eigenvalue weighted by molar-refractivity contribution is -0.921. The topological polar surface area (TPSA) is 38.3 Å². The molecule has 0 aromatic carbocycles. The highest BCUT2D eigenvalue weighted by Crippen LogP contribution is 2.06. The number of halogens is 1. The molecule has 0 bridgehead atoms. The number of nitrogens with zero attached hydrogens (tertiary/aromatic N) is 1. The van der Waals surface area contributed by atoms with Crippen molar-refractivity contribution in [3.63, 3.8) is 0 Å². The zero-order valence-corrected chi connectivity index (χ0v) is 9.68. The van der Waals surface area contributed by atoms with Crippen molar-refractivity contribution in [1.29, 1.82) is 0 Å². The zero-order valence-electron chi connectivity index (χ0n) is 8.93. The fraction of sp³-hybridized carbons (Fsp3) is 0.875. The lowest BCUT2D eigenvalue weighted by Gasteiger charge is -2.32. The Hall–Kier alpha value is -0.320. The average Bonchev–Trinajstić information content (AvgIpc) is 1.85. The van der Waals surface area contributed by atoms with Crippen LogP contribution in [0.1, 0.15) is 20.3 Å². The molecule has 0 saturated carbocycles. The first-order valence-corrected chi connectivity index (χ1v) is 4.11. The van der Waals surface area contributed by atoms with Crippen molar-refractivity contribution in [2.45, 2.75) is 26.5 Å². The molecule has 0 radical (unpaired) electrons. The van der Waals surface area contributed by atoms with E-state index in [1.807, 2.05) is 28.1 Å². The van der Waals surface area contributed by atoms with E-state index in [1.54, 1.807) is 0 Å². The summed E-state index contributed by atoms with van der Waals surface area (Å²) < 4.78 is 0.677. The molecular formula is C8H19ClN2O2. The van der Waals surface area contributed by atoms with Gasteiger partial charge in [0.2, 0.25) is 12.1 Å². The predicted octanol–water partition coefficient (Wildman–Crippen LogP) is -2.50. The fourth-order valence-corrected chi connectivity index (χ4v) is 0.940. The van der Waals surface area contributed by atoms with Gasteiger partial charge in [-0.25, -0.2) is 10.3 Å². The summed E-state index contributed by atoms with van der Waals surface area (Å²) in [6, 6.07) is 0. The Balaban J connectivity index is 0. The SMILES string of the molecule is CCC(ONC(C)=O)[N+](C)(C)C.[Cl-]. The highest BCUT2D eigenvalue weighted by atomic mass is 35.5. The maximum atomic E-state index is 10.5. The van der Waals surface area contributed by atoms with E-state index >= 15 is 0 Å². The van der Waals surface area contributed by atoms with Gasteiger partial charge >= 0.3 is 0 Å². The zero-order chi connectivity index (χ0) is 9.78. The van der Waals surface area contributed by atoms with Crippen molar-refractivity contribution in [2.75, 3.05) is 21.1 Å². The molecule has 1 atom stereocenters. The number of nitrogens with one attached hydrogen (secondary N) is 1. The average molecular weight is 211 g/mol. The fourth-order valence-electron chi connectivity index (χ4n) is 0.940. The molecule has 1 unspecified atom stereocenters. The third kappa shape index (κ3) is 6.81. The summed E-state index contributed by atoms with van der Waals surface area (Å²) >= 11 is 0. The lowest BCUT2D eigenvalue weighted by Crippen LogP contribution is -3.00. The molecule has 5 heteroatoms. The minimum Gasteiger partial charge on any atom is -1.00 e. The summed E-state index contributed by atoms with van der Waals surface area (Å²) in [5.74, 6) is -0.165. The second kappa shape index (κ2) is 6.18. The summed E-state index contributed by atoms with van der Waals surface area (Å²) in [6.07, 6.45) is 0.873. The molecule has 0 aliphatic heterocycles. The number of amides is 1. The van der Waals surface area contributed by atoms with Gasteiger partial charge in [-0.1, -0.05) is 6.92 Å². The number of hydrogen-bond acceptors (Lipinski definition) is 2. The molecule has 80 valence electrons. The monoisotopic (exact) mass is 210 g/mol. The normalized spacial score (nSPS) is 13.0. The van der Waals surface area contributed by atoms with Gasteiger partial charge in [-0.3, -0.25) is 4.79 Å². The van der Waals surface area contributed by atoms with Gasteiger partial charge in [0.25, 0.3) is 0 Å². The second-order valence-electron chi connectivity index (χ2n) is 3.76. The summed E-state index contributed by atoms with van der Waals surface area (Å²) in [7, 11) is 6.07. The molecule has 1 N–H and O–H groups in total. The number of quaternary nitrogens is 1. The van der Waals surface area contributed by atoms with Gasteiger partial charge in [0.1, 0.15) is 0 Å². The molecule has 0 aliphatic carbocycles. The van der Waals surface area contributed by atoms with Crippen molar-refractivity contribution in [1.82, 2.24) is 5.48 Å². The molecular weight excluding hydrogens is 192 g/mol. The van der Waals surface area contributed by atoms with E-state index < -0.39 is 0 Å². The molecule has 0 aromatic rings. The summed E-state index contributed by atoms with van der Waals surface area (Å²) in [4.78, 5) is 15.7. The number of rotatable bonds is 4. The summed E-state index contributed by atoms with van der Waals surface area (Å²) in [5, 5.41) is 0. The minimum absolute atomic E-state index is 0. The molecule has 13 heavy (non-hydrogen) atoms. The minimum atomic E-state index is -0.165. The standard InChI is InChI=1S/C8H18N2O2.ClH/c1-6-8(10(3,4)5)12-9-7(2)11;/h8H,6H2,1-5H3;1H. The first-order valence-electron chi connectivity index (χ1n) is 4.11. The van der Waals surface area contributed by atoms with Gasteiger partial charge in [-0.15, -0.1) is 0 Å². The third-order valence-electron chi connectivity index (χ3n) is 1.55. The molecule has 4 nitrogen and oxygen atoms in total. The summed E-state index contributed by atoms with van der Waals surface area (Å²) in [6.45, 7) is 3.46. The Morgan fingerprint density at radius 3 is 2.15 bits per heavy atom. The van der Waals surface area contributed by atoms with Crippen LogP contribution in [0, 0.1) is 0 Å². The maximum absolute atomic E-state index is 10.5. The van der Waals surface area contributed by atoms with Gasteiger partial charge in [0.15, 0.2) is 0 Å². The number of carbonyl (C=O) groups is 1. The molecule has 0 aliphatic rings. The van der Waals surface area contributed by atoms with Gasteiger partial charge in [-0.05, 0) is 0 Å². The van der Waals surface area contributed by atoms with Crippen LogP contribution >= 0.6 is 0 Å². The van der Waals surface area contributed by atoms with E-state index in [-0.39, 0.29) is 24.5 Å². The first kappa shape index (κ1) is 15.2. The van der Waals surface area contributed by atoms with E-state index in [4.69, 9.17) is 4.84 Å². The largest absolute Gasteiger partial charge is 1.00 e.